The molecule has 0 aromatic carbocycles. The van der Waals surface area contributed by atoms with Crippen LogP contribution in [0.1, 0.15) is 0 Å². The van der Waals surface area contributed by atoms with Gasteiger partial charge in [0.2, 0.25) is 10.0 Å². The Morgan fingerprint density at radius 1 is 1.00 bits per heavy atom. The molecule has 2 heterocycles. The van der Waals surface area contributed by atoms with Crippen LogP contribution in [0, 0.1) is 0 Å². The van der Waals surface area contributed by atoms with E-state index < -0.39 is 19.1 Å². The average Bonchev–Trinajstić information content (AvgIpc) is 2.91. The maximum absolute atomic E-state index is 10.4. The number of aromatic nitrogens is 4. The number of sulfonamides is 1. The van der Waals surface area contributed by atoms with Gasteiger partial charge in [-0.1, -0.05) is 0 Å². The molecule has 12 heteroatoms. The Morgan fingerprint density at radius 2 is 1.44 bits per heavy atom. The van der Waals surface area contributed by atoms with Crippen LogP contribution in [-0.4, -0.2) is 37.2 Å². The summed E-state index contributed by atoms with van der Waals surface area (Å²) in [7, 11) is -2.22. The van der Waals surface area contributed by atoms with Crippen LogP contribution in [0.4, 0.5) is 0 Å². The molecule has 100 valence electrons. The number of primary sulfonamides is 1. The first-order valence-corrected chi connectivity index (χ1v) is 8.02. The molecule has 0 amide bonds. The third-order valence-electron chi connectivity index (χ3n) is 1.56. The van der Waals surface area contributed by atoms with E-state index in [9.17, 15) is 16.8 Å². The van der Waals surface area contributed by atoms with Crippen LogP contribution in [0.5, 0.6) is 0 Å². The molecule has 0 saturated carbocycles. The van der Waals surface area contributed by atoms with Gasteiger partial charge in [-0.2, -0.15) is 10.2 Å². The minimum absolute atomic E-state index is 0.00231. The van der Waals surface area contributed by atoms with E-state index in [2.05, 4.69) is 20.4 Å². The molecule has 0 spiro atoms. The number of aromatic amines is 2. The van der Waals surface area contributed by atoms with Crippen LogP contribution in [0.25, 0.3) is 0 Å². The van der Waals surface area contributed by atoms with Crippen LogP contribution < -0.4 is 5.14 Å². The van der Waals surface area contributed by atoms with Gasteiger partial charge in [0, 0.05) is 23.1 Å². The normalized spacial score (nSPS) is 11.7. The summed E-state index contributed by atoms with van der Waals surface area (Å²) in [5.74, 6) is 0. The second kappa shape index (κ2) is 5.48. The first kappa shape index (κ1) is 14.6. The van der Waals surface area contributed by atoms with Crippen molar-refractivity contribution in [3.63, 3.8) is 0 Å². The Morgan fingerprint density at radius 3 is 1.61 bits per heavy atom. The van der Waals surface area contributed by atoms with Crippen molar-refractivity contribution in [1.29, 1.82) is 0 Å². The fraction of sp³-hybridized carbons (Fsp3) is 0. The molecule has 0 aliphatic heterocycles. The molecule has 0 atom stereocenters. The fourth-order valence-electron chi connectivity index (χ4n) is 0.767. The van der Waals surface area contributed by atoms with Crippen molar-refractivity contribution < 1.29 is 16.8 Å². The molecule has 2 rings (SSSR count). The van der Waals surface area contributed by atoms with Gasteiger partial charge in [0.15, 0.2) is 0 Å². The zero-order valence-electron chi connectivity index (χ0n) is 8.61. The summed E-state index contributed by atoms with van der Waals surface area (Å²) in [4.78, 5) is -0.00772. The molecular formula is C6H8ClN5O4S2. The smallest absolute Gasteiger partial charge is 0.264 e. The number of H-pyrrole nitrogens is 2. The molecule has 0 aliphatic rings. The molecule has 0 saturated heterocycles. The molecule has 2 aromatic rings. The zero-order valence-corrected chi connectivity index (χ0v) is 11.0. The lowest BCUT2D eigenvalue weighted by Gasteiger charge is -1.85. The van der Waals surface area contributed by atoms with Crippen LogP contribution in [-0.2, 0) is 19.1 Å². The van der Waals surface area contributed by atoms with Crippen molar-refractivity contribution in [1.82, 2.24) is 20.4 Å². The first-order chi connectivity index (χ1) is 8.21. The van der Waals surface area contributed by atoms with Gasteiger partial charge in [-0.25, -0.2) is 22.0 Å². The van der Waals surface area contributed by atoms with Crippen molar-refractivity contribution in [2.45, 2.75) is 9.79 Å². The van der Waals surface area contributed by atoms with Gasteiger partial charge in [-0.05, 0) is 0 Å². The molecule has 0 bridgehead atoms. The predicted molar refractivity (Wildman–Crippen MR) is 61.6 cm³/mol. The zero-order chi connectivity index (χ0) is 13.8. The Hall–Kier alpha value is -1.43. The molecule has 9 nitrogen and oxygen atoms in total. The standard InChI is InChI=1S/C3H3ClN2O2S.C3H5N3O2S/c2*4-9(7,8)3-1-5-6-2-3/h1-2H,(H,5,6);1-2H,(H,5,6)(H2,4,7,8). The van der Waals surface area contributed by atoms with E-state index in [4.69, 9.17) is 15.8 Å². The number of nitrogens with one attached hydrogen (secondary N) is 2. The van der Waals surface area contributed by atoms with Crippen molar-refractivity contribution in [2.24, 2.45) is 5.14 Å². The number of hydrogen-bond acceptors (Lipinski definition) is 6. The van der Waals surface area contributed by atoms with Crippen molar-refractivity contribution in [3.8, 4) is 0 Å². The Kier molecular flexibility index (Phi) is 4.45. The number of nitrogens with zero attached hydrogens (tertiary/aromatic N) is 2. The number of hydrogen-bond donors (Lipinski definition) is 3. The fourth-order valence-corrected chi connectivity index (χ4v) is 1.81. The minimum Gasteiger partial charge on any atom is -0.284 e. The average molecular weight is 314 g/mol. The van der Waals surface area contributed by atoms with E-state index in [0.29, 0.717) is 0 Å². The third-order valence-corrected chi connectivity index (χ3v) is 3.76. The van der Waals surface area contributed by atoms with Crippen LogP contribution >= 0.6 is 10.7 Å². The van der Waals surface area contributed by atoms with E-state index in [1.54, 1.807) is 0 Å². The van der Waals surface area contributed by atoms with Gasteiger partial charge in [-0.15, -0.1) is 0 Å². The summed E-state index contributed by atoms with van der Waals surface area (Å²) in [6.07, 6.45) is 4.72. The maximum atomic E-state index is 10.4. The number of halogens is 1. The summed E-state index contributed by atoms with van der Waals surface area (Å²) < 4.78 is 41.6. The number of nitrogens with two attached hydrogens (primary N) is 1. The van der Waals surface area contributed by atoms with E-state index in [1.165, 1.54) is 12.4 Å². The van der Waals surface area contributed by atoms with Gasteiger partial charge in [0.25, 0.3) is 9.05 Å². The summed E-state index contributed by atoms with van der Waals surface area (Å²) in [6.45, 7) is 0. The highest BCUT2D eigenvalue weighted by Gasteiger charge is 2.09. The largest absolute Gasteiger partial charge is 0.284 e. The van der Waals surface area contributed by atoms with Crippen molar-refractivity contribution in [2.75, 3.05) is 0 Å². The molecular weight excluding hydrogens is 306 g/mol. The molecule has 0 unspecified atom stereocenters. The lowest BCUT2D eigenvalue weighted by molar-refractivity contribution is 0.597. The predicted octanol–water partition coefficient (Wildman–Crippen LogP) is -0.606. The lowest BCUT2D eigenvalue weighted by Crippen LogP contribution is -2.10. The minimum atomic E-state index is -3.58. The Balaban J connectivity index is 0.000000180. The van der Waals surface area contributed by atoms with Gasteiger partial charge in [0.05, 0.1) is 12.4 Å². The van der Waals surface area contributed by atoms with Crippen LogP contribution in [0.2, 0.25) is 0 Å². The summed E-state index contributed by atoms with van der Waals surface area (Å²) >= 11 is 0. The lowest BCUT2D eigenvalue weighted by atomic mass is 10.7. The first-order valence-electron chi connectivity index (χ1n) is 4.16. The molecule has 2 aromatic heterocycles. The van der Waals surface area contributed by atoms with Gasteiger partial charge in [0.1, 0.15) is 9.79 Å². The van der Waals surface area contributed by atoms with E-state index in [-0.39, 0.29) is 9.79 Å². The summed E-state index contributed by atoms with van der Waals surface area (Å²) in [5.41, 5.74) is 0. The van der Waals surface area contributed by atoms with Gasteiger partial charge >= 0.3 is 0 Å². The summed E-state index contributed by atoms with van der Waals surface area (Å²) in [6, 6.07) is 0. The van der Waals surface area contributed by atoms with E-state index in [1.807, 2.05) is 0 Å². The SMILES string of the molecule is NS(=O)(=O)c1cn[nH]c1.O=S(=O)(Cl)c1cn[nH]c1. The van der Waals surface area contributed by atoms with Crippen molar-refractivity contribution in [3.05, 3.63) is 24.8 Å². The van der Waals surface area contributed by atoms with Crippen LogP contribution in [0.3, 0.4) is 0 Å². The third kappa shape index (κ3) is 4.44. The monoisotopic (exact) mass is 313 g/mol. The van der Waals surface area contributed by atoms with Crippen molar-refractivity contribution >= 4 is 29.8 Å². The van der Waals surface area contributed by atoms with Crippen LogP contribution in [0.15, 0.2) is 34.6 Å². The Bertz CT molecular complexity index is 614. The topological polar surface area (TPSA) is 152 Å². The highest BCUT2D eigenvalue weighted by Crippen LogP contribution is 2.10. The molecule has 4 N–H and O–H groups in total. The second-order valence-corrected chi connectivity index (χ2v) is 6.98. The second-order valence-electron chi connectivity index (χ2n) is 2.85. The molecule has 0 radical (unpaired) electrons. The van der Waals surface area contributed by atoms with E-state index >= 15 is 0 Å². The van der Waals surface area contributed by atoms with Gasteiger partial charge < -0.3 is 0 Å². The number of rotatable bonds is 2. The summed E-state index contributed by atoms with van der Waals surface area (Å²) in [5, 5.41) is 16.2. The van der Waals surface area contributed by atoms with Gasteiger partial charge in [-0.3, -0.25) is 10.2 Å². The molecule has 0 aliphatic carbocycles. The highest BCUT2D eigenvalue weighted by molar-refractivity contribution is 8.13. The molecule has 18 heavy (non-hydrogen) atoms. The Labute approximate surface area is 107 Å². The molecule has 0 fully saturated rings. The highest BCUT2D eigenvalue weighted by atomic mass is 35.7. The van der Waals surface area contributed by atoms with E-state index in [0.717, 1.165) is 12.4 Å². The maximum Gasteiger partial charge on any atom is 0.264 e. The quantitative estimate of drug-likeness (QED) is 0.629.